The minimum Gasteiger partial charge on any atom is -0.495 e. The van der Waals surface area contributed by atoms with E-state index in [2.05, 4.69) is 5.32 Å². The smallest absolute Gasteiger partial charge is 0.220 e. The molecule has 1 N–H and O–H groups in total. The number of rotatable bonds is 5. The number of nitrogens with one attached hydrogen (secondary N) is 1. The van der Waals surface area contributed by atoms with Crippen LogP contribution in [0.5, 0.6) is 5.75 Å². The van der Waals surface area contributed by atoms with E-state index in [0.717, 1.165) is 12.0 Å². The van der Waals surface area contributed by atoms with Crippen LogP contribution in [0.15, 0.2) is 18.2 Å². The summed E-state index contributed by atoms with van der Waals surface area (Å²) in [4.78, 5) is 11.3. The number of hydrogen-bond acceptors (Lipinski definition) is 2. The first-order valence-corrected chi connectivity index (χ1v) is 5.64. The Hall–Kier alpha value is -1.22. The first-order chi connectivity index (χ1) is 7.67. The largest absolute Gasteiger partial charge is 0.495 e. The van der Waals surface area contributed by atoms with Crippen molar-refractivity contribution in [3.63, 3.8) is 0 Å². The molecule has 0 heterocycles. The van der Waals surface area contributed by atoms with Crippen molar-refractivity contribution in [2.45, 2.75) is 26.3 Å². The molecule has 16 heavy (non-hydrogen) atoms. The van der Waals surface area contributed by atoms with E-state index >= 15 is 0 Å². The highest BCUT2D eigenvalue weighted by molar-refractivity contribution is 6.32. The molecule has 0 aliphatic heterocycles. The van der Waals surface area contributed by atoms with Gasteiger partial charge in [-0.15, -0.1) is 0 Å². The van der Waals surface area contributed by atoms with Crippen LogP contribution >= 0.6 is 11.6 Å². The molecule has 1 aromatic carbocycles. The first-order valence-electron chi connectivity index (χ1n) is 5.26. The van der Waals surface area contributed by atoms with Gasteiger partial charge < -0.3 is 10.1 Å². The third-order valence-electron chi connectivity index (χ3n) is 2.18. The number of halogens is 1. The highest BCUT2D eigenvalue weighted by Gasteiger charge is 2.03. The van der Waals surface area contributed by atoms with Gasteiger partial charge in [0.25, 0.3) is 0 Å². The van der Waals surface area contributed by atoms with Crippen molar-refractivity contribution < 1.29 is 9.53 Å². The van der Waals surface area contributed by atoms with Crippen molar-refractivity contribution in [3.05, 3.63) is 28.8 Å². The van der Waals surface area contributed by atoms with Gasteiger partial charge in [-0.05, 0) is 24.1 Å². The van der Waals surface area contributed by atoms with E-state index in [1.807, 2.05) is 13.0 Å². The van der Waals surface area contributed by atoms with Crippen molar-refractivity contribution in [2.75, 3.05) is 7.11 Å². The molecule has 1 rings (SSSR count). The van der Waals surface area contributed by atoms with Crippen LogP contribution in [0.3, 0.4) is 0 Å². The van der Waals surface area contributed by atoms with Crippen LogP contribution in [0.4, 0.5) is 0 Å². The van der Waals surface area contributed by atoms with Crippen molar-refractivity contribution in [1.29, 1.82) is 0 Å². The molecule has 3 nitrogen and oxygen atoms in total. The van der Waals surface area contributed by atoms with Gasteiger partial charge in [0.05, 0.1) is 12.1 Å². The zero-order valence-corrected chi connectivity index (χ0v) is 10.3. The van der Waals surface area contributed by atoms with E-state index in [0.29, 0.717) is 23.7 Å². The maximum atomic E-state index is 11.3. The van der Waals surface area contributed by atoms with Crippen LogP contribution < -0.4 is 10.1 Å². The minimum atomic E-state index is 0.0643. The second kappa shape index (κ2) is 6.38. The number of benzene rings is 1. The summed E-state index contributed by atoms with van der Waals surface area (Å²) in [6.07, 6.45) is 1.42. The van der Waals surface area contributed by atoms with E-state index in [-0.39, 0.29) is 5.91 Å². The summed E-state index contributed by atoms with van der Waals surface area (Å²) in [6.45, 7) is 2.48. The number of hydrogen-bond donors (Lipinski definition) is 1. The Morgan fingerprint density at radius 2 is 2.25 bits per heavy atom. The number of carbonyl (C=O) groups is 1. The monoisotopic (exact) mass is 241 g/mol. The molecule has 0 aliphatic carbocycles. The van der Waals surface area contributed by atoms with Gasteiger partial charge in [0, 0.05) is 13.0 Å². The molecule has 0 aliphatic rings. The fraction of sp³-hybridized carbons (Fsp3) is 0.417. The van der Waals surface area contributed by atoms with Crippen LogP contribution in [0.2, 0.25) is 5.02 Å². The Balaban J connectivity index is 2.55. The first kappa shape index (κ1) is 12.8. The average molecular weight is 242 g/mol. The Morgan fingerprint density at radius 3 is 2.81 bits per heavy atom. The second-order valence-corrected chi connectivity index (χ2v) is 3.90. The van der Waals surface area contributed by atoms with Crippen molar-refractivity contribution in [1.82, 2.24) is 5.32 Å². The van der Waals surface area contributed by atoms with E-state index < -0.39 is 0 Å². The van der Waals surface area contributed by atoms with Crippen LogP contribution in [-0.2, 0) is 11.3 Å². The molecular weight excluding hydrogens is 226 g/mol. The number of amides is 1. The predicted molar refractivity (Wildman–Crippen MR) is 64.8 cm³/mol. The second-order valence-electron chi connectivity index (χ2n) is 3.50. The lowest BCUT2D eigenvalue weighted by atomic mass is 10.2. The Labute approximate surface area is 101 Å². The highest BCUT2D eigenvalue weighted by Crippen LogP contribution is 2.24. The molecule has 0 saturated carbocycles. The zero-order chi connectivity index (χ0) is 12.0. The van der Waals surface area contributed by atoms with Crippen molar-refractivity contribution in [3.8, 4) is 5.75 Å². The number of ether oxygens (including phenoxy) is 1. The average Bonchev–Trinajstić information content (AvgIpc) is 2.27. The molecule has 88 valence electrons. The van der Waals surface area contributed by atoms with Crippen LogP contribution in [0.25, 0.3) is 0 Å². The summed E-state index contributed by atoms with van der Waals surface area (Å²) in [7, 11) is 1.57. The van der Waals surface area contributed by atoms with Gasteiger partial charge in [-0.2, -0.15) is 0 Å². The quantitative estimate of drug-likeness (QED) is 0.861. The van der Waals surface area contributed by atoms with Crippen LogP contribution in [0, 0.1) is 0 Å². The summed E-state index contributed by atoms with van der Waals surface area (Å²) < 4.78 is 5.04. The predicted octanol–water partition coefficient (Wildman–Crippen LogP) is 2.76. The molecule has 0 bridgehead atoms. The van der Waals surface area contributed by atoms with Crippen LogP contribution in [0.1, 0.15) is 25.3 Å². The molecule has 0 unspecified atom stereocenters. The standard InChI is InChI=1S/C12H16ClNO2/c1-3-4-12(15)14-8-9-5-6-11(16-2)10(13)7-9/h5-7H,3-4,8H2,1-2H3,(H,14,15). The molecule has 4 heteroatoms. The topological polar surface area (TPSA) is 38.3 Å². The molecule has 0 radical (unpaired) electrons. The Morgan fingerprint density at radius 1 is 1.50 bits per heavy atom. The molecule has 1 aromatic rings. The summed E-state index contributed by atoms with van der Waals surface area (Å²) in [5.41, 5.74) is 0.968. The third-order valence-corrected chi connectivity index (χ3v) is 2.48. The van der Waals surface area contributed by atoms with E-state index in [9.17, 15) is 4.79 Å². The molecule has 0 fully saturated rings. The molecular formula is C12H16ClNO2. The summed E-state index contributed by atoms with van der Waals surface area (Å²) >= 11 is 5.97. The summed E-state index contributed by atoms with van der Waals surface area (Å²) in [5.74, 6) is 0.708. The molecule has 0 aromatic heterocycles. The Bertz CT molecular complexity index is 366. The van der Waals surface area contributed by atoms with E-state index in [1.165, 1.54) is 0 Å². The Kier molecular flexibility index (Phi) is 5.12. The van der Waals surface area contributed by atoms with Crippen LogP contribution in [-0.4, -0.2) is 13.0 Å². The molecule has 0 saturated heterocycles. The van der Waals surface area contributed by atoms with Gasteiger partial charge in [0.1, 0.15) is 5.75 Å². The number of carbonyl (C=O) groups excluding carboxylic acids is 1. The molecule has 0 spiro atoms. The van der Waals surface area contributed by atoms with Gasteiger partial charge >= 0.3 is 0 Å². The summed E-state index contributed by atoms with van der Waals surface area (Å²) in [5, 5.41) is 3.39. The highest BCUT2D eigenvalue weighted by atomic mass is 35.5. The van der Waals surface area contributed by atoms with Gasteiger partial charge in [-0.25, -0.2) is 0 Å². The normalized spacial score (nSPS) is 9.94. The lowest BCUT2D eigenvalue weighted by Gasteiger charge is -2.07. The van der Waals surface area contributed by atoms with E-state index in [4.69, 9.17) is 16.3 Å². The maximum absolute atomic E-state index is 11.3. The van der Waals surface area contributed by atoms with Gasteiger partial charge in [-0.1, -0.05) is 24.6 Å². The van der Waals surface area contributed by atoms with Gasteiger partial charge in [0.2, 0.25) is 5.91 Å². The molecule has 1 amide bonds. The van der Waals surface area contributed by atoms with E-state index in [1.54, 1.807) is 19.2 Å². The fourth-order valence-electron chi connectivity index (χ4n) is 1.34. The summed E-state index contributed by atoms with van der Waals surface area (Å²) in [6, 6.07) is 5.48. The van der Waals surface area contributed by atoms with Crippen molar-refractivity contribution in [2.24, 2.45) is 0 Å². The maximum Gasteiger partial charge on any atom is 0.220 e. The minimum absolute atomic E-state index is 0.0643. The SMILES string of the molecule is CCCC(=O)NCc1ccc(OC)c(Cl)c1. The lowest BCUT2D eigenvalue weighted by molar-refractivity contribution is -0.121. The van der Waals surface area contributed by atoms with Crippen molar-refractivity contribution >= 4 is 17.5 Å². The molecule has 0 atom stereocenters. The van der Waals surface area contributed by atoms with Gasteiger partial charge in [-0.3, -0.25) is 4.79 Å². The lowest BCUT2D eigenvalue weighted by Crippen LogP contribution is -2.21. The van der Waals surface area contributed by atoms with Gasteiger partial charge in [0.15, 0.2) is 0 Å². The third kappa shape index (κ3) is 3.74. The number of methoxy groups -OCH3 is 1. The fourth-order valence-corrected chi connectivity index (χ4v) is 1.62. The zero-order valence-electron chi connectivity index (χ0n) is 9.55.